The van der Waals surface area contributed by atoms with Crippen LogP contribution < -0.4 is 9.47 Å². The standard InChI is InChI=1S/C13H12INO2/c1-16-13-7-12(11(14)8-15-13)17-9-10-5-3-2-4-6-10/h2-8H,9H2,1H3. The van der Waals surface area contributed by atoms with Crippen LogP contribution in [0.4, 0.5) is 0 Å². The number of rotatable bonds is 4. The Morgan fingerprint density at radius 3 is 2.71 bits per heavy atom. The number of pyridine rings is 1. The number of halogens is 1. The van der Waals surface area contributed by atoms with Gasteiger partial charge in [0, 0.05) is 12.3 Å². The molecule has 0 N–H and O–H groups in total. The Morgan fingerprint density at radius 1 is 1.24 bits per heavy atom. The first kappa shape index (κ1) is 12.2. The number of ether oxygens (including phenoxy) is 2. The first-order valence-corrected chi connectivity index (χ1v) is 6.23. The smallest absolute Gasteiger partial charge is 0.216 e. The summed E-state index contributed by atoms with van der Waals surface area (Å²) in [4.78, 5) is 4.10. The van der Waals surface area contributed by atoms with Crippen LogP contribution in [-0.4, -0.2) is 12.1 Å². The van der Waals surface area contributed by atoms with Crippen molar-refractivity contribution in [3.63, 3.8) is 0 Å². The Hall–Kier alpha value is -1.30. The van der Waals surface area contributed by atoms with E-state index in [-0.39, 0.29) is 0 Å². The molecule has 1 aromatic heterocycles. The Balaban J connectivity index is 2.08. The summed E-state index contributed by atoms with van der Waals surface area (Å²) in [6.45, 7) is 0.546. The number of hydrogen-bond acceptors (Lipinski definition) is 3. The summed E-state index contributed by atoms with van der Waals surface area (Å²) in [6.07, 6.45) is 1.74. The summed E-state index contributed by atoms with van der Waals surface area (Å²) >= 11 is 2.19. The van der Waals surface area contributed by atoms with E-state index in [4.69, 9.17) is 9.47 Å². The van der Waals surface area contributed by atoms with E-state index in [9.17, 15) is 0 Å². The largest absolute Gasteiger partial charge is 0.488 e. The minimum Gasteiger partial charge on any atom is -0.488 e. The van der Waals surface area contributed by atoms with E-state index in [0.717, 1.165) is 14.9 Å². The molecule has 0 saturated carbocycles. The van der Waals surface area contributed by atoms with E-state index < -0.39 is 0 Å². The molecule has 0 atom stereocenters. The highest BCUT2D eigenvalue weighted by atomic mass is 127. The van der Waals surface area contributed by atoms with Gasteiger partial charge in [0.25, 0.3) is 0 Å². The Bertz CT molecular complexity index is 488. The molecule has 1 aromatic carbocycles. The van der Waals surface area contributed by atoms with Gasteiger partial charge in [0.15, 0.2) is 0 Å². The summed E-state index contributed by atoms with van der Waals surface area (Å²) in [5.41, 5.74) is 1.14. The molecule has 3 nitrogen and oxygen atoms in total. The van der Waals surface area contributed by atoms with Gasteiger partial charge in [-0.25, -0.2) is 4.98 Å². The van der Waals surface area contributed by atoms with Crippen molar-refractivity contribution in [3.05, 3.63) is 51.7 Å². The maximum Gasteiger partial charge on any atom is 0.216 e. The molecular formula is C13H12INO2. The third kappa shape index (κ3) is 3.33. The number of benzene rings is 1. The second-order valence-electron chi connectivity index (χ2n) is 3.43. The van der Waals surface area contributed by atoms with E-state index in [0.29, 0.717) is 12.5 Å². The van der Waals surface area contributed by atoms with Crippen LogP contribution in [-0.2, 0) is 6.61 Å². The molecule has 0 amide bonds. The molecule has 0 aliphatic carbocycles. The highest BCUT2D eigenvalue weighted by Gasteiger charge is 2.04. The average Bonchev–Trinajstić information content (AvgIpc) is 2.39. The van der Waals surface area contributed by atoms with Crippen LogP contribution in [0.3, 0.4) is 0 Å². The van der Waals surface area contributed by atoms with E-state index in [2.05, 4.69) is 27.6 Å². The predicted molar refractivity (Wildman–Crippen MR) is 74.3 cm³/mol. The molecule has 0 aliphatic heterocycles. The highest BCUT2D eigenvalue weighted by molar-refractivity contribution is 14.1. The first-order valence-electron chi connectivity index (χ1n) is 5.16. The van der Waals surface area contributed by atoms with Gasteiger partial charge in [-0.2, -0.15) is 0 Å². The zero-order chi connectivity index (χ0) is 12.1. The number of hydrogen-bond donors (Lipinski definition) is 0. The van der Waals surface area contributed by atoms with Gasteiger partial charge in [-0.3, -0.25) is 0 Å². The summed E-state index contributed by atoms with van der Waals surface area (Å²) in [7, 11) is 1.59. The molecular weight excluding hydrogens is 329 g/mol. The predicted octanol–water partition coefficient (Wildman–Crippen LogP) is 3.27. The molecule has 0 fully saturated rings. The van der Waals surface area contributed by atoms with Crippen LogP contribution in [0, 0.1) is 3.57 Å². The minimum absolute atomic E-state index is 0.546. The third-order valence-corrected chi connectivity index (χ3v) is 3.05. The van der Waals surface area contributed by atoms with E-state index in [1.165, 1.54) is 0 Å². The van der Waals surface area contributed by atoms with Gasteiger partial charge >= 0.3 is 0 Å². The topological polar surface area (TPSA) is 31.4 Å². The molecule has 2 aromatic rings. The highest BCUT2D eigenvalue weighted by Crippen LogP contribution is 2.24. The van der Waals surface area contributed by atoms with E-state index >= 15 is 0 Å². The van der Waals surface area contributed by atoms with Crippen molar-refractivity contribution >= 4 is 22.6 Å². The Morgan fingerprint density at radius 2 is 2.00 bits per heavy atom. The van der Waals surface area contributed by atoms with Gasteiger partial charge in [-0.1, -0.05) is 30.3 Å². The van der Waals surface area contributed by atoms with Crippen molar-refractivity contribution in [1.29, 1.82) is 0 Å². The second-order valence-corrected chi connectivity index (χ2v) is 4.59. The summed E-state index contributed by atoms with van der Waals surface area (Å²) in [5, 5.41) is 0. The van der Waals surface area contributed by atoms with Crippen LogP contribution in [0.5, 0.6) is 11.6 Å². The second kappa shape index (κ2) is 5.86. The van der Waals surface area contributed by atoms with Gasteiger partial charge in [-0.05, 0) is 28.2 Å². The van der Waals surface area contributed by atoms with Crippen molar-refractivity contribution in [2.45, 2.75) is 6.61 Å². The fourth-order valence-corrected chi connectivity index (χ4v) is 1.81. The summed E-state index contributed by atoms with van der Waals surface area (Å²) < 4.78 is 11.8. The lowest BCUT2D eigenvalue weighted by Crippen LogP contribution is -1.98. The van der Waals surface area contributed by atoms with Crippen molar-refractivity contribution in [3.8, 4) is 11.6 Å². The lowest BCUT2D eigenvalue weighted by atomic mass is 10.2. The molecule has 0 radical (unpaired) electrons. The van der Waals surface area contributed by atoms with E-state index in [1.807, 2.05) is 30.3 Å². The molecule has 4 heteroatoms. The SMILES string of the molecule is COc1cc(OCc2ccccc2)c(I)cn1. The van der Waals surface area contributed by atoms with Crippen molar-refractivity contribution in [1.82, 2.24) is 4.98 Å². The van der Waals surface area contributed by atoms with Crippen molar-refractivity contribution in [2.24, 2.45) is 0 Å². The average molecular weight is 341 g/mol. The number of methoxy groups -OCH3 is 1. The molecule has 0 saturated heterocycles. The summed E-state index contributed by atoms with van der Waals surface area (Å²) in [6, 6.07) is 11.8. The summed E-state index contributed by atoms with van der Waals surface area (Å²) in [5.74, 6) is 1.36. The molecule has 17 heavy (non-hydrogen) atoms. The van der Waals surface area contributed by atoms with Gasteiger partial charge in [0.1, 0.15) is 12.4 Å². The van der Waals surface area contributed by atoms with Gasteiger partial charge in [0.05, 0.1) is 10.7 Å². The maximum atomic E-state index is 5.74. The zero-order valence-electron chi connectivity index (χ0n) is 9.39. The van der Waals surface area contributed by atoms with Crippen LogP contribution in [0.15, 0.2) is 42.6 Å². The van der Waals surface area contributed by atoms with Crippen LogP contribution >= 0.6 is 22.6 Å². The fourth-order valence-electron chi connectivity index (χ4n) is 1.36. The fraction of sp³-hybridized carbons (Fsp3) is 0.154. The van der Waals surface area contributed by atoms with Gasteiger partial charge < -0.3 is 9.47 Å². The van der Waals surface area contributed by atoms with Gasteiger partial charge in [0.2, 0.25) is 5.88 Å². The quantitative estimate of drug-likeness (QED) is 0.800. The van der Waals surface area contributed by atoms with Crippen LogP contribution in [0.2, 0.25) is 0 Å². The molecule has 0 spiro atoms. The van der Waals surface area contributed by atoms with Crippen molar-refractivity contribution in [2.75, 3.05) is 7.11 Å². The van der Waals surface area contributed by atoms with Crippen LogP contribution in [0.1, 0.15) is 5.56 Å². The first-order chi connectivity index (χ1) is 8.29. The molecule has 0 bridgehead atoms. The lowest BCUT2D eigenvalue weighted by molar-refractivity contribution is 0.300. The third-order valence-electron chi connectivity index (χ3n) is 2.24. The number of aromatic nitrogens is 1. The molecule has 2 rings (SSSR count). The Kier molecular flexibility index (Phi) is 4.19. The monoisotopic (exact) mass is 341 g/mol. The normalized spacial score (nSPS) is 10.0. The Labute approximate surface area is 114 Å². The molecule has 88 valence electrons. The molecule has 1 heterocycles. The zero-order valence-corrected chi connectivity index (χ0v) is 11.5. The molecule has 0 aliphatic rings. The van der Waals surface area contributed by atoms with E-state index in [1.54, 1.807) is 19.4 Å². The molecule has 0 unspecified atom stereocenters. The van der Waals surface area contributed by atoms with Crippen molar-refractivity contribution < 1.29 is 9.47 Å². The lowest BCUT2D eigenvalue weighted by Gasteiger charge is -2.09. The maximum absolute atomic E-state index is 5.74. The van der Waals surface area contributed by atoms with Gasteiger partial charge in [-0.15, -0.1) is 0 Å². The minimum atomic E-state index is 0.546. The number of nitrogens with zero attached hydrogens (tertiary/aromatic N) is 1. The van der Waals surface area contributed by atoms with Crippen LogP contribution in [0.25, 0.3) is 0 Å².